The first kappa shape index (κ1) is 23.8. The van der Waals surface area contributed by atoms with Crippen LogP contribution in [0.5, 0.6) is 11.5 Å². The third kappa shape index (κ3) is 4.40. The van der Waals surface area contributed by atoms with E-state index >= 15 is 0 Å². The molecule has 0 bridgehead atoms. The van der Waals surface area contributed by atoms with Gasteiger partial charge in [0.2, 0.25) is 0 Å². The van der Waals surface area contributed by atoms with Gasteiger partial charge >= 0.3 is 0 Å². The van der Waals surface area contributed by atoms with Gasteiger partial charge in [-0.15, -0.1) is 0 Å². The van der Waals surface area contributed by atoms with Crippen molar-refractivity contribution in [1.29, 1.82) is 0 Å². The Hall–Kier alpha value is -3.33. The third-order valence-corrected chi connectivity index (χ3v) is 6.35. The molecule has 4 rings (SSSR count). The molecule has 0 aliphatic rings. The van der Waals surface area contributed by atoms with Crippen LogP contribution in [0, 0.1) is 0 Å². The number of hydrogen-bond acceptors (Lipinski definition) is 3. The van der Waals surface area contributed by atoms with E-state index < -0.39 is 0 Å². The molecular weight excluding hydrogens is 418 g/mol. The Balaban J connectivity index is 1.96. The highest BCUT2D eigenvalue weighted by molar-refractivity contribution is 5.94. The topological polar surface area (TPSA) is 31.4 Å². The minimum atomic E-state index is -0.0689. The molecule has 3 heteroatoms. The van der Waals surface area contributed by atoms with Crippen molar-refractivity contribution in [1.82, 2.24) is 4.98 Å². The molecular formula is C31H35NO2. The molecule has 3 aromatic carbocycles. The molecule has 1 aromatic heterocycles. The van der Waals surface area contributed by atoms with Gasteiger partial charge in [0.25, 0.3) is 0 Å². The first-order valence-corrected chi connectivity index (χ1v) is 11.8. The van der Waals surface area contributed by atoms with Gasteiger partial charge in [-0.05, 0) is 46.0 Å². The predicted octanol–water partition coefficient (Wildman–Crippen LogP) is 8.18. The van der Waals surface area contributed by atoms with E-state index in [4.69, 9.17) is 14.5 Å². The lowest BCUT2D eigenvalue weighted by atomic mass is 9.78. The molecule has 0 saturated heterocycles. The normalized spacial score (nSPS) is 12.1. The third-order valence-electron chi connectivity index (χ3n) is 6.35. The maximum atomic E-state index is 6.01. The SMILES string of the molecule is COc1c(-c2cccc(-c3ccc4ccccc4c3OC)n2)cc(C(C)(C)C)cc1C(C)(C)C. The average Bonchev–Trinajstić information content (AvgIpc) is 2.81. The minimum absolute atomic E-state index is 0.000196. The van der Waals surface area contributed by atoms with E-state index in [9.17, 15) is 0 Å². The average molecular weight is 454 g/mol. The summed E-state index contributed by atoms with van der Waals surface area (Å²) in [5.41, 5.74) is 6.14. The van der Waals surface area contributed by atoms with Crippen LogP contribution in [-0.4, -0.2) is 19.2 Å². The molecule has 34 heavy (non-hydrogen) atoms. The van der Waals surface area contributed by atoms with Gasteiger partial charge in [-0.3, -0.25) is 0 Å². The second kappa shape index (κ2) is 8.79. The van der Waals surface area contributed by atoms with Crippen LogP contribution in [0.1, 0.15) is 52.7 Å². The zero-order valence-corrected chi connectivity index (χ0v) is 21.6. The molecule has 0 aliphatic carbocycles. The van der Waals surface area contributed by atoms with Crippen molar-refractivity contribution in [2.24, 2.45) is 0 Å². The predicted molar refractivity (Wildman–Crippen MR) is 143 cm³/mol. The summed E-state index contributed by atoms with van der Waals surface area (Å²) >= 11 is 0. The molecule has 0 spiro atoms. The number of benzene rings is 3. The maximum absolute atomic E-state index is 6.01. The van der Waals surface area contributed by atoms with E-state index in [-0.39, 0.29) is 10.8 Å². The Kier molecular flexibility index (Phi) is 6.16. The summed E-state index contributed by atoms with van der Waals surface area (Å²) in [5, 5.41) is 2.23. The van der Waals surface area contributed by atoms with Crippen molar-refractivity contribution in [2.75, 3.05) is 14.2 Å². The number of rotatable bonds is 4. The molecule has 0 atom stereocenters. The Morgan fingerprint density at radius 3 is 1.88 bits per heavy atom. The molecule has 4 aromatic rings. The molecule has 0 amide bonds. The molecule has 0 saturated carbocycles. The van der Waals surface area contributed by atoms with Crippen molar-refractivity contribution < 1.29 is 9.47 Å². The smallest absolute Gasteiger partial charge is 0.136 e. The van der Waals surface area contributed by atoms with E-state index in [1.807, 2.05) is 18.2 Å². The quantitative estimate of drug-likeness (QED) is 0.312. The number of aromatic nitrogens is 1. The van der Waals surface area contributed by atoms with Crippen LogP contribution in [0.3, 0.4) is 0 Å². The first-order valence-electron chi connectivity index (χ1n) is 11.8. The van der Waals surface area contributed by atoms with Crippen LogP contribution in [0.15, 0.2) is 66.7 Å². The first-order chi connectivity index (χ1) is 16.0. The molecule has 1 heterocycles. The van der Waals surface area contributed by atoms with E-state index in [1.54, 1.807) is 14.2 Å². The van der Waals surface area contributed by atoms with Crippen molar-refractivity contribution >= 4 is 10.8 Å². The summed E-state index contributed by atoms with van der Waals surface area (Å²) in [4.78, 5) is 5.12. The molecule has 176 valence electrons. The maximum Gasteiger partial charge on any atom is 0.136 e. The highest BCUT2D eigenvalue weighted by Gasteiger charge is 2.27. The zero-order valence-electron chi connectivity index (χ0n) is 21.6. The number of fused-ring (bicyclic) bond motifs is 1. The number of ether oxygens (including phenoxy) is 2. The number of methoxy groups -OCH3 is 2. The van der Waals surface area contributed by atoms with Crippen molar-refractivity contribution in [2.45, 2.75) is 52.4 Å². The highest BCUT2D eigenvalue weighted by Crippen LogP contribution is 2.43. The lowest BCUT2D eigenvalue weighted by Crippen LogP contribution is -2.18. The van der Waals surface area contributed by atoms with E-state index in [1.165, 1.54) is 11.1 Å². The lowest BCUT2D eigenvalue weighted by molar-refractivity contribution is 0.398. The van der Waals surface area contributed by atoms with Crippen LogP contribution in [-0.2, 0) is 10.8 Å². The molecule has 0 fully saturated rings. The van der Waals surface area contributed by atoms with E-state index in [0.717, 1.165) is 44.8 Å². The van der Waals surface area contributed by atoms with Gasteiger partial charge in [-0.2, -0.15) is 0 Å². The summed E-state index contributed by atoms with van der Waals surface area (Å²) in [6.07, 6.45) is 0. The molecule has 3 nitrogen and oxygen atoms in total. The largest absolute Gasteiger partial charge is 0.496 e. The second-order valence-corrected chi connectivity index (χ2v) is 10.9. The van der Waals surface area contributed by atoms with Crippen LogP contribution in [0.2, 0.25) is 0 Å². The number of hydrogen-bond donors (Lipinski definition) is 0. The van der Waals surface area contributed by atoms with Gasteiger partial charge in [0.05, 0.1) is 25.6 Å². The fraction of sp³-hybridized carbons (Fsp3) is 0.323. The van der Waals surface area contributed by atoms with E-state index in [0.29, 0.717) is 0 Å². The van der Waals surface area contributed by atoms with Gasteiger partial charge in [0.15, 0.2) is 0 Å². The highest BCUT2D eigenvalue weighted by atomic mass is 16.5. The fourth-order valence-electron chi connectivity index (χ4n) is 4.43. The summed E-state index contributed by atoms with van der Waals surface area (Å²) in [7, 11) is 3.47. The van der Waals surface area contributed by atoms with E-state index in [2.05, 4.69) is 90.1 Å². The van der Waals surface area contributed by atoms with Gasteiger partial charge in [0, 0.05) is 22.1 Å². The Morgan fingerprint density at radius 2 is 1.26 bits per heavy atom. The Morgan fingerprint density at radius 1 is 0.618 bits per heavy atom. The van der Waals surface area contributed by atoms with Crippen LogP contribution < -0.4 is 9.47 Å². The van der Waals surface area contributed by atoms with Crippen LogP contribution >= 0.6 is 0 Å². The standard InChI is InChI=1S/C31H35NO2/c1-30(2,3)21-18-24(29(34-8)25(19-21)31(4,5)6)27-15-11-14-26(32-27)23-17-16-20-12-9-10-13-22(20)28(23)33-7/h9-19H,1-8H3. The van der Waals surface area contributed by atoms with Crippen LogP contribution in [0.25, 0.3) is 33.3 Å². The molecule has 0 N–H and O–H groups in total. The summed E-state index contributed by atoms with van der Waals surface area (Å²) < 4.78 is 11.9. The van der Waals surface area contributed by atoms with Gasteiger partial charge in [-0.1, -0.05) is 84.0 Å². The van der Waals surface area contributed by atoms with Crippen molar-refractivity contribution in [3.63, 3.8) is 0 Å². The van der Waals surface area contributed by atoms with Crippen LogP contribution in [0.4, 0.5) is 0 Å². The fourth-order valence-corrected chi connectivity index (χ4v) is 4.43. The van der Waals surface area contributed by atoms with Gasteiger partial charge < -0.3 is 9.47 Å². The number of pyridine rings is 1. The Bertz CT molecular complexity index is 1340. The lowest BCUT2D eigenvalue weighted by Gasteiger charge is -2.28. The monoisotopic (exact) mass is 453 g/mol. The summed E-state index contributed by atoms with van der Waals surface area (Å²) in [6.45, 7) is 13.4. The molecule has 0 aliphatic heterocycles. The zero-order chi connectivity index (χ0) is 24.7. The van der Waals surface area contributed by atoms with Crippen molar-refractivity contribution in [3.8, 4) is 34.0 Å². The number of nitrogens with zero attached hydrogens (tertiary/aromatic N) is 1. The van der Waals surface area contributed by atoms with Crippen molar-refractivity contribution in [3.05, 3.63) is 77.9 Å². The molecule has 0 unspecified atom stereocenters. The summed E-state index contributed by atoms with van der Waals surface area (Å²) in [5.74, 6) is 1.73. The second-order valence-electron chi connectivity index (χ2n) is 10.9. The molecule has 0 radical (unpaired) electrons. The Labute approximate surface area is 203 Å². The summed E-state index contributed by atoms with van der Waals surface area (Å²) in [6, 6.07) is 23.2. The van der Waals surface area contributed by atoms with Gasteiger partial charge in [-0.25, -0.2) is 4.98 Å². The minimum Gasteiger partial charge on any atom is -0.496 e. The van der Waals surface area contributed by atoms with Gasteiger partial charge in [0.1, 0.15) is 11.5 Å².